The summed E-state index contributed by atoms with van der Waals surface area (Å²) in [5.74, 6) is 3.53. The fraction of sp³-hybridized carbons (Fsp3) is 0.700. The summed E-state index contributed by atoms with van der Waals surface area (Å²) in [6.45, 7) is 4.93. The summed E-state index contributed by atoms with van der Waals surface area (Å²) in [5.41, 5.74) is 2.99. The molecule has 2 saturated carbocycles. The van der Waals surface area contributed by atoms with Crippen LogP contribution >= 0.6 is 0 Å². The molecule has 3 aliphatic carbocycles. The van der Waals surface area contributed by atoms with E-state index >= 15 is 0 Å². The van der Waals surface area contributed by atoms with E-state index in [-0.39, 0.29) is 5.75 Å². The van der Waals surface area contributed by atoms with E-state index in [1.165, 1.54) is 50.3 Å². The van der Waals surface area contributed by atoms with E-state index in [1.807, 2.05) is 12.1 Å². The fourth-order valence-electron chi connectivity index (χ4n) is 6.19. The van der Waals surface area contributed by atoms with Crippen molar-refractivity contribution in [3.63, 3.8) is 0 Å². The van der Waals surface area contributed by atoms with Crippen molar-refractivity contribution in [1.29, 1.82) is 0 Å². The zero-order chi connectivity index (χ0) is 18.7. The van der Waals surface area contributed by atoms with E-state index in [9.17, 15) is 8.42 Å². The third-order valence-corrected chi connectivity index (χ3v) is 8.10. The Morgan fingerprint density at radius 3 is 2.62 bits per heavy atom. The molecule has 0 heterocycles. The highest BCUT2D eigenvalue weighted by molar-refractivity contribution is 7.84. The summed E-state index contributed by atoms with van der Waals surface area (Å²) in [6, 6.07) is 3.81. The van der Waals surface area contributed by atoms with Crippen molar-refractivity contribution in [2.75, 3.05) is 7.11 Å². The van der Waals surface area contributed by atoms with E-state index in [4.69, 9.17) is 14.1 Å². The highest BCUT2D eigenvalue weighted by Gasteiger charge is 2.53. The second kappa shape index (κ2) is 6.13. The molecule has 0 saturated heterocycles. The van der Waals surface area contributed by atoms with Crippen LogP contribution < -0.4 is 14.1 Å². The lowest BCUT2D eigenvalue weighted by Gasteiger charge is -2.50. The van der Waals surface area contributed by atoms with Gasteiger partial charge < -0.3 is 8.92 Å². The van der Waals surface area contributed by atoms with E-state index in [1.54, 1.807) is 0 Å². The van der Waals surface area contributed by atoms with E-state index in [2.05, 4.69) is 13.8 Å². The minimum Gasteiger partial charge on any atom is -0.493 e. The molecule has 0 bridgehead atoms. The van der Waals surface area contributed by atoms with Gasteiger partial charge in [-0.2, -0.15) is 13.6 Å². The van der Waals surface area contributed by atoms with Crippen molar-refractivity contribution in [1.82, 2.24) is 0 Å². The first-order chi connectivity index (χ1) is 12.2. The number of nitrogens with two attached hydrogens (primary N) is 1. The van der Waals surface area contributed by atoms with Crippen molar-refractivity contribution < 1.29 is 17.3 Å². The number of fused-ring (bicyclic) bond motifs is 5. The lowest BCUT2D eigenvalue weighted by atomic mass is 9.54. The SMILES string of the molecule is COc1cc2c(cc1OS(N)(=O)=O)CCC1C2CC[C@]2(C)C(C)CCC12. The zero-order valence-electron chi connectivity index (χ0n) is 15.8. The summed E-state index contributed by atoms with van der Waals surface area (Å²) in [6.07, 6.45) is 7.30. The predicted molar refractivity (Wildman–Crippen MR) is 101 cm³/mol. The van der Waals surface area contributed by atoms with Gasteiger partial charge >= 0.3 is 10.3 Å². The topological polar surface area (TPSA) is 78.6 Å². The molecule has 4 rings (SSSR count). The van der Waals surface area contributed by atoms with Crippen LogP contribution in [0.15, 0.2) is 12.1 Å². The summed E-state index contributed by atoms with van der Waals surface area (Å²) in [4.78, 5) is 0. The van der Waals surface area contributed by atoms with Crippen LogP contribution in [0.4, 0.5) is 0 Å². The molecular formula is C20H29NO4S. The van der Waals surface area contributed by atoms with Gasteiger partial charge in [0, 0.05) is 0 Å². The van der Waals surface area contributed by atoms with Gasteiger partial charge in [-0.3, -0.25) is 0 Å². The Morgan fingerprint density at radius 1 is 1.15 bits per heavy atom. The minimum atomic E-state index is -4.07. The van der Waals surface area contributed by atoms with Crippen LogP contribution in [-0.2, 0) is 16.7 Å². The Labute approximate surface area is 156 Å². The maximum atomic E-state index is 11.4. The Hall–Kier alpha value is -1.27. The third-order valence-electron chi connectivity index (χ3n) is 7.69. The van der Waals surface area contributed by atoms with Crippen molar-refractivity contribution in [3.05, 3.63) is 23.3 Å². The molecule has 0 aliphatic heterocycles. The first kappa shape index (κ1) is 18.1. The first-order valence-electron chi connectivity index (χ1n) is 9.66. The van der Waals surface area contributed by atoms with Crippen LogP contribution in [0.25, 0.3) is 0 Å². The number of ether oxygens (including phenoxy) is 1. The first-order valence-corrected chi connectivity index (χ1v) is 11.1. The largest absolute Gasteiger partial charge is 0.493 e. The standard InChI is InChI=1S/C20H29NO4S/c1-12-4-7-17-15-6-5-13-10-19(25-26(21,22)23)18(24-3)11-16(13)14(15)8-9-20(12,17)2/h10-12,14-15,17H,4-9H2,1-3H3,(H2,21,22,23)/t12?,14?,15?,17?,20-/m1/s1. The molecule has 4 unspecified atom stereocenters. The monoisotopic (exact) mass is 379 g/mol. The lowest BCUT2D eigenvalue weighted by molar-refractivity contribution is 0.0336. The number of aryl methyl sites for hydroxylation is 1. The van der Waals surface area contributed by atoms with Gasteiger partial charge in [0.05, 0.1) is 7.11 Å². The molecular weight excluding hydrogens is 350 g/mol. The van der Waals surface area contributed by atoms with E-state index in [0.29, 0.717) is 17.1 Å². The number of hydrogen-bond donors (Lipinski definition) is 1. The molecule has 5 nitrogen and oxygen atoms in total. The molecule has 0 radical (unpaired) electrons. The van der Waals surface area contributed by atoms with Gasteiger partial charge in [-0.1, -0.05) is 13.8 Å². The zero-order valence-corrected chi connectivity index (χ0v) is 16.6. The number of benzene rings is 1. The summed E-state index contributed by atoms with van der Waals surface area (Å²) < 4.78 is 33.1. The molecule has 0 amide bonds. The van der Waals surface area contributed by atoms with Crippen LogP contribution in [0.2, 0.25) is 0 Å². The molecule has 5 atom stereocenters. The van der Waals surface area contributed by atoms with E-state index < -0.39 is 10.3 Å². The molecule has 0 aromatic heterocycles. The van der Waals surface area contributed by atoms with Gasteiger partial charge in [-0.25, -0.2) is 0 Å². The van der Waals surface area contributed by atoms with Gasteiger partial charge in [-0.15, -0.1) is 0 Å². The quantitative estimate of drug-likeness (QED) is 0.867. The Bertz CT molecular complexity index is 821. The van der Waals surface area contributed by atoms with Crippen LogP contribution in [0.1, 0.15) is 63.0 Å². The average Bonchev–Trinajstić information content (AvgIpc) is 2.88. The number of hydrogen-bond acceptors (Lipinski definition) is 4. The number of methoxy groups -OCH3 is 1. The summed E-state index contributed by atoms with van der Waals surface area (Å²) in [7, 11) is -2.53. The minimum absolute atomic E-state index is 0.197. The molecule has 3 aliphatic rings. The second-order valence-corrected chi connectivity index (χ2v) is 9.87. The fourth-order valence-corrected chi connectivity index (χ4v) is 6.57. The Balaban J connectivity index is 1.70. The van der Waals surface area contributed by atoms with Crippen molar-refractivity contribution in [3.8, 4) is 11.5 Å². The van der Waals surface area contributed by atoms with Crippen molar-refractivity contribution >= 4 is 10.3 Å². The van der Waals surface area contributed by atoms with Gasteiger partial charge in [0.15, 0.2) is 11.5 Å². The maximum absolute atomic E-state index is 11.4. The van der Waals surface area contributed by atoms with Crippen LogP contribution in [0.5, 0.6) is 11.5 Å². The van der Waals surface area contributed by atoms with Crippen LogP contribution in [0, 0.1) is 23.2 Å². The van der Waals surface area contributed by atoms with Crippen molar-refractivity contribution in [2.24, 2.45) is 28.3 Å². The molecule has 2 fully saturated rings. The highest BCUT2D eigenvalue weighted by atomic mass is 32.2. The van der Waals surface area contributed by atoms with E-state index in [0.717, 1.165) is 24.2 Å². The predicted octanol–water partition coefficient (Wildman–Crippen LogP) is 3.77. The molecule has 2 N–H and O–H groups in total. The lowest BCUT2D eigenvalue weighted by Crippen LogP contribution is -2.41. The van der Waals surface area contributed by atoms with Gasteiger partial charge in [0.25, 0.3) is 0 Å². The molecule has 26 heavy (non-hydrogen) atoms. The highest BCUT2D eigenvalue weighted by Crippen LogP contribution is 2.63. The summed E-state index contributed by atoms with van der Waals surface area (Å²) >= 11 is 0. The third kappa shape index (κ3) is 2.82. The normalized spacial score (nSPS) is 36.0. The molecule has 1 aromatic rings. The molecule has 144 valence electrons. The van der Waals surface area contributed by atoms with Gasteiger partial charge in [-0.05, 0) is 90.9 Å². The van der Waals surface area contributed by atoms with Gasteiger partial charge in [0.2, 0.25) is 0 Å². The smallest absolute Gasteiger partial charge is 0.380 e. The molecule has 1 aromatic carbocycles. The molecule has 6 heteroatoms. The Morgan fingerprint density at radius 2 is 1.92 bits per heavy atom. The molecule has 0 spiro atoms. The average molecular weight is 380 g/mol. The van der Waals surface area contributed by atoms with Gasteiger partial charge in [0.1, 0.15) is 0 Å². The maximum Gasteiger partial charge on any atom is 0.380 e. The van der Waals surface area contributed by atoms with Crippen LogP contribution in [0.3, 0.4) is 0 Å². The summed E-state index contributed by atoms with van der Waals surface area (Å²) in [5, 5.41) is 5.05. The second-order valence-electron chi connectivity index (χ2n) is 8.72. The number of rotatable bonds is 3. The van der Waals surface area contributed by atoms with Crippen LogP contribution in [-0.4, -0.2) is 15.5 Å². The van der Waals surface area contributed by atoms with Crippen molar-refractivity contribution in [2.45, 2.75) is 58.3 Å². The Kier molecular flexibility index (Phi) is 4.27.